The zero-order chi connectivity index (χ0) is 24.3. The van der Waals surface area contributed by atoms with E-state index in [9.17, 15) is 9.59 Å². The molecule has 180 valence electrons. The first-order chi connectivity index (χ1) is 16.8. The van der Waals surface area contributed by atoms with Crippen LogP contribution in [-0.4, -0.2) is 72.0 Å². The lowest BCUT2D eigenvalue weighted by molar-refractivity contribution is -0.122. The lowest BCUT2D eigenvalue weighted by atomic mass is 10.0. The predicted molar refractivity (Wildman–Crippen MR) is 134 cm³/mol. The summed E-state index contributed by atoms with van der Waals surface area (Å²) in [4.78, 5) is 37.0. The van der Waals surface area contributed by atoms with E-state index >= 15 is 0 Å². The number of hydrogen-bond donors (Lipinski definition) is 2. The SMILES string of the molecule is Cn1cc(-c2cn3nc4c5ncc(NC(=O)CN6CCOCC6(C)C)cc5[nH]c(=O)c4c3s2)cn1. The maximum Gasteiger partial charge on any atom is 0.261 e. The second kappa shape index (κ2) is 7.97. The fraction of sp³-hybridized carbons (Fsp3) is 0.348. The monoisotopic (exact) mass is 492 g/mol. The Morgan fingerprint density at radius 2 is 2.14 bits per heavy atom. The van der Waals surface area contributed by atoms with Crippen molar-refractivity contribution in [3.8, 4) is 10.4 Å². The van der Waals surface area contributed by atoms with E-state index in [0.717, 1.165) is 15.3 Å². The van der Waals surface area contributed by atoms with Crippen molar-refractivity contribution in [3.05, 3.63) is 41.2 Å². The molecule has 1 aliphatic heterocycles. The van der Waals surface area contributed by atoms with Crippen LogP contribution < -0.4 is 10.9 Å². The number of amides is 1. The Labute approximate surface area is 203 Å². The van der Waals surface area contributed by atoms with Crippen LogP contribution in [-0.2, 0) is 16.6 Å². The van der Waals surface area contributed by atoms with E-state index in [4.69, 9.17) is 4.74 Å². The fourth-order valence-electron chi connectivity index (χ4n) is 4.46. The predicted octanol–water partition coefficient (Wildman–Crippen LogP) is 2.24. The zero-order valence-electron chi connectivity index (χ0n) is 19.5. The van der Waals surface area contributed by atoms with Crippen LogP contribution in [0.3, 0.4) is 0 Å². The van der Waals surface area contributed by atoms with Gasteiger partial charge in [0.1, 0.15) is 21.3 Å². The van der Waals surface area contributed by atoms with Gasteiger partial charge in [-0.2, -0.15) is 10.2 Å². The van der Waals surface area contributed by atoms with Crippen molar-refractivity contribution in [3.63, 3.8) is 0 Å². The number of nitrogens with zero attached hydrogens (tertiary/aromatic N) is 6. The van der Waals surface area contributed by atoms with Crippen LogP contribution in [0, 0.1) is 0 Å². The molecule has 0 unspecified atom stereocenters. The number of carbonyl (C=O) groups excluding carboxylic acids is 1. The molecule has 1 fully saturated rings. The third kappa shape index (κ3) is 3.79. The molecule has 0 radical (unpaired) electrons. The van der Waals surface area contributed by atoms with Crippen LogP contribution in [0.15, 0.2) is 35.6 Å². The van der Waals surface area contributed by atoms with E-state index in [1.165, 1.54) is 11.3 Å². The number of aromatic nitrogens is 6. The van der Waals surface area contributed by atoms with Crippen molar-refractivity contribution in [2.24, 2.45) is 7.05 Å². The van der Waals surface area contributed by atoms with Gasteiger partial charge in [0, 0.05) is 37.1 Å². The van der Waals surface area contributed by atoms with Gasteiger partial charge in [-0.25, -0.2) is 4.52 Å². The third-order valence-corrected chi connectivity index (χ3v) is 7.47. The van der Waals surface area contributed by atoms with E-state index in [2.05, 4.69) is 44.2 Å². The molecule has 6 rings (SSSR count). The molecule has 0 aliphatic carbocycles. The van der Waals surface area contributed by atoms with Gasteiger partial charge in [-0.05, 0) is 19.9 Å². The number of pyridine rings is 2. The van der Waals surface area contributed by atoms with E-state index < -0.39 is 0 Å². The summed E-state index contributed by atoms with van der Waals surface area (Å²) in [5, 5.41) is 12.3. The third-order valence-electron chi connectivity index (χ3n) is 6.32. The Morgan fingerprint density at radius 3 is 2.91 bits per heavy atom. The Hall–Kier alpha value is -3.61. The normalized spacial score (nSPS) is 16.4. The summed E-state index contributed by atoms with van der Waals surface area (Å²) in [6.07, 6.45) is 7.19. The summed E-state index contributed by atoms with van der Waals surface area (Å²) in [5.41, 5.74) is 2.65. The second-order valence-electron chi connectivity index (χ2n) is 9.38. The smallest absolute Gasteiger partial charge is 0.261 e. The lowest BCUT2D eigenvalue weighted by Crippen LogP contribution is -2.55. The molecule has 0 spiro atoms. The highest BCUT2D eigenvalue weighted by atomic mass is 32.1. The summed E-state index contributed by atoms with van der Waals surface area (Å²) >= 11 is 1.48. The molecular formula is C23H24N8O3S. The highest BCUT2D eigenvalue weighted by molar-refractivity contribution is 7.21. The van der Waals surface area contributed by atoms with Crippen molar-refractivity contribution in [2.45, 2.75) is 19.4 Å². The molecule has 12 heteroatoms. The highest BCUT2D eigenvalue weighted by Gasteiger charge is 2.31. The molecule has 0 saturated carbocycles. The number of rotatable bonds is 4. The number of thiazole rings is 1. The summed E-state index contributed by atoms with van der Waals surface area (Å²) in [7, 11) is 1.86. The van der Waals surface area contributed by atoms with Gasteiger partial charge < -0.3 is 15.0 Å². The Bertz CT molecular complexity index is 1660. The first-order valence-corrected chi connectivity index (χ1v) is 12.1. The number of H-pyrrole nitrogens is 1. The number of nitrogens with one attached hydrogen (secondary N) is 2. The van der Waals surface area contributed by atoms with Gasteiger partial charge >= 0.3 is 0 Å². The average molecular weight is 493 g/mol. The topological polar surface area (TPSA) is 122 Å². The maximum atomic E-state index is 13.0. The summed E-state index contributed by atoms with van der Waals surface area (Å²) in [5.74, 6) is -0.144. The molecule has 0 atom stereocenters. The minimum Gasteiger partial charge on any atom is -0.378 e. The van der Waals surface area contributed by atoms with E-state index in [0.29, 0.717) is 47.4 Å². The van der Waals surface area contributed by atoms with Crippen LogP contribution in [0.1, 0.15) is 13.8 Å². The number of morpholine rings is 1. The number of carbonyl (C=O) groups is 1. The Kier molecular flexibility index (Phi) is 4.99. The summed E-state index contributed by atoms with van der Waals surface area (Å²) in [6, 6.07) is 1.72. The maximum absolute atomic E-state index is 13.0. The van der Waals surface area contributed by atoms with Crippen molar-refractivity contribution in [1.29, 1.82) is 0 Å². The molecule has 35 heavy (non-hydrogen) atoms. The van der Waals surface area contributed by atoms with Gasteiger partial charge in [-0.15, -0.1) is 11.3 Å². The molecule has 6 heterocycles. The first kappa shape index (κ1) is 21.9. The quantitative estimate of drug-likeness (QED) is 0.394. The minimum absolute atomic E-state index is 0.144. The zero-order valence-corrected chi connectivity index (χ0v) is 20.3. The number of anilines is 1. The summed E-state index contributed by atoms with van der Waals surface area (Å²) < 4.78 is 8.98. The molecule has 5 aromatic heterocycles. The molecule has 2 N–H and O–H groups in total. The number of hydrogen-bond acceptors (Lipinski definition) is 8. The number of aromatic amines is 1. The molecule has 1 aliphatic rings. The van der Waals surface area contributed by atoms with Crippen LogP contribution in [0.2, 0.25) is 0 Å². The van der Waals surface area contributed by atoms with Gasteiger partial charge in [0.2, 0.25) is 5.91 Å². The second-order valence-corrected chi connectivity index (χ2v) is 10.4. The first-order valence-electron chi connectivity index (χ1n) is 11.2. The highest BCUT2D eigenvalue weighted by Crippen LogP contribution is 2.33. The molecule has 0 bridgehead atoms. The van der Waals surface area contributed by atoms with Crippen LogP contribution in [0.5, 0.6) is 0 Å². The average Bonchev–Trinajstić information content (AvgIpc) is 3.49. The van der Waals surface area contributed by atoms with Gasteiger partial charge in [0.25, 0.3) is 5.56 Å². The number of fused-ring (bicyclic) bond motifs is 5. The van der Waals surface area contributed by atoms with Crippen molar-refractivity contribution in [1.82, 2.24) is 34.3 Å². The van der Waals surface area contributed by atoms with Crippen molar-refractivity contribution < 1.29 is 9.53 Å². The van der Waals surface area contributed by atoms with E-state index in [1.807, 2.05) is 19.4 Å². The molecular weight excluding hydrogens is 468 g/mol. The van der Waals surface area contributed by atoms with Gasteiger partial charge in [0.05, 0.1) is 48.2 Å². The standard InChI is InChI=1S/C23H24N8O3S/c1-23(2)12-34-5-4-30(23)11-17(32)26-14-6-15-19(24-8-14)20-18(21(33)27-15)22-31(28-20)10-16(35-22)13-7-25-29(3)9-13/h6-10H,4-5,11-12H2,1-3H3,(H,26,32)(H,27,33). The van der Waals surface area contributed by atoms with Crippen LogP contribution in [0.25, 0.3) is 37.2 Å². The van der Waals surface area contributed by atoms with E-state index in [1.54, 1.807) is 27.7 Å². The molecule has 5 aromatic rings. The van der Waals surface area contributed by atoms with Gasteiger partial charge in [-0.1, -0.05) is 0 Å². The van der Waals surface area contributed by atoms with Crippen LogP contribution in [0.4, 0.5) is 5.69 Å². The molecule has 1 amide bonds. The molecule has 11 nitrogen and oxygen atoms in total. The van der Waals surface area contributed by atoms with Gasteiger partial charge in [0.15, 0.2) is 0 Å². The lowest BCUT2D eigenvalue weighted by Gasteiger charge is -2.41. The Morgan fingerprint density at radius 1 is 1.29 bits per heavy atom. The Balaban J connectivity index is 1.31. The number of ether oxygens (including phenoxy) is 1. The van der Waals surface area contributed by atoms with E-state index in [-0.39, 0.29) is 23.6 Å². The summed E-state index contributed by atoms with van der Waals surface area (Å²) in [6.45, 7) is 6.26. The largest absolute Gasteiger partial charge is 0.378 e. The minimum atomic E-state index is -0.248. The molecule has 0 aromatic carbocycles. The fourth-order valence-corrected chi connectivity index (χ4v) is 5.52. The van der Waals surface area contributed by atoms with Crippen molar-refractivity contribution in [2.75, 3.05) is 31.6 Å². The van der Waals surface area contributed by atoms with Gasteiger partial charge in [-0.3, -0.25) is 24.2 Å². The van der Waals surface area contributed by atoms with Crippen molar-refractivity contribution >= 4 is 49.7 Å². The number of aryl methyl sites for hydroxylation is 1. The molecule has 1 saturated heterocycles. The van der Waals surface area contributed by atoms with Crippen LogP contribution >= 0.6 is 11.3 Å².